The van der Waals surface area contributed by atoms with Gasteiger partial charge in [0.2, 0.25) is 0 Å². The van der Waals surface area contributed by atoms with Crippen molar-refractivity contribution in [3.8, 4) is 5.75 Å². The first-order chi connectivity index (χ1) is 11.1. The summed E-state index contributed by atoms with van der Waals surface area (Å²) in [6.07, 6.45) is -0.673. The van der Waals surface area contributed by atoms with E-state index < -0.39 is 6.16 Å². The lowest BCUT2D eigenvalue weighted by atomic mass is 10.1. The average molecular weight is 313 g/mol. The second kappa shape index (κ2) is 8.22. The molecule has 0 atom stereocenters. The minimum absolute atomic E-state index is 0.285. The van der Waals surface area contributed by atoms with Crippen LogP contribution in [0.4, 0.5) is 10.5 Å². The molecule has 0 aliphatic heterocycles. The van der Waals surface area contributed by atoms with Crippen molar-refractivity contribution in [2.24, 2.45) is 0 Å². The van der Waals surface area contributed by atoms with Gasteiger partial charge in [-0.25, -0.2) is 4.79 Å². The summed E-state index contributed by atoms with van der Waals surface area (Å²) in [4.78, 5) is 13.9. The Balaban J connectivity index is 1.86. The highest BCUT2D eigenvalue weighted by molar-refractivity contribution is 5.63. The van der Waals surface area contributed by atoms with E-state index in [4.69, 9.17) is 9.47 Å². The molecule has 4 heteroatoms. The van der Waals surface area contributed by atoms with Crippen LogP contribution in [0.1, 0.15) is 18.1 Å². The zero-order valence-electron chi connectivity index (χ0n) is 13.9. The van der Waals surface area contributed by atoms with E-state index in [0.29, 0.717) is 12.3 Å². The Morgan fingerprint density at radius 2 is 1.78 bits per heavy atom. The molecule has 0 aliphatic rings. The third-order valence-corrected chi connectivity index (χ3v) is 3.82. The summed E-state index contributed by atoms with van der Waals surface area (Å²) in [5.41, 5.74) is 3.68. The average Bonchev–Trinajstić information content (AvgIpc) is 2.55. The molecule has 0 spiro atoms. The van der Waals surface area contributed by atoms with Gasteiger partial charge in [0.1, 0.15) is 12.4 Å². The van der Waals surface area contributed by atoms with Crippen molar-refractivity contribution in [1.82, 2.24) is 0 Å². The fourth-order valence-corrected chi connectivity index (χ4v) is 2.38. The van der Waals surface area contributed by atoms with Gasteiger partial charge in [-0.1, -0.05) is 30.3 Å². The van der Waals surface area contributed by atoms with Crippen LogP contribution >= 0.6 is 0 Å². The Kier molecular flexibility index (Phi) is 6.03. The van der Waals surface area contributed by atoms with E-state index >= 15 is 0 Å². The fraction of sp³-hybridized carbons (Fsp3) is 0.316. The quantitative estimate of drug-likeness (QED) is 0.587. The first-order valence-electron chi connectivity index (χ1n) is 7.82. The molecular formula is C19H23NO3. The third-order valence-electron chi connectivity index (χ3n) is 3.82. The van der Waals surface area contributed by atoms with Crippen molar-refractivity contribution < 1.29 is 14.3 Å². The van der Waals surface area contributed by atoms with Crippen molar-refractivity contribution in [3.63, 3.8) is 0 Å². The van der Waals surface area contributed by atoms with E-state index in [1.165, 1.54) is 16.8 Å². The first-order valence-corrected chi connectivity index (χ1v) is 7.82. The zero-order valence-corrected chi connectivity index (χ0v) is 13.9. The molecule has 0 aliphatic carbocycles. The lowest BCUT2D eigenvalue weighted by molar-refractivity contribution is 0.101. The molecule has 2 rings (SSSR count). The van der Waals surface area contributed by atoms with Crippen LogP contribution in [0.25, 0.3) is 0 Å². The summed E-state index contributed by atoms with van der Waals surface area (Å²) in [5.74, 6) is 0.486. The van der Waals surface area contributed by atoms with Gasteiger partial charge in [0.25, 0.3) is 0 Å². The van der Waals surface area contributed by atoms with Crippen LogP contribution in [0, 0.1) is 13.8 Å². The number of anilines is 1. The number of hydrogen-bond acceptors (Lipinski definition) is 4. The van der Waals surface area contributed by atoms with Gasteiger partial charge < -0.3 is 14.4 Å². The van der Waals surface area contributed by atoms with E-state index in [-0.39, 0.29) is 6.61 Å². The number of hydrogen-bond donors (Lipinski definition) is 0. The third kappa shape index (κ3) is 4.74. The second-order valence-electron chi connectivity index (χ2n) is 5.31. The summed E-state index contributed by atoms with van der Waals surface area (Å²) in [7, 11) is 0. The molecule has 23 heavy (non-hydrogen) atoms. The van der Waals surface area contributed by atoms with Crippen molar-refractivity contribution in [2.45, 2.75) is 20.8 Å². The maximum atomic E-state index is 11.7. The Bertz CT molecular complexity index is 640. The molecule has 2 aromatic carbocycles. The predicted molar refractivity (Wildman–Crippen MR) is 92.2 cm³/mol. The zero-order chi connectivity index (χ0) is 16.7. The molecule has 0 saturated heterocycles. The van der Waals surface area contributed by atoms with E-state index in [9.17, 15) is 4.79 Å². The summed E-state index contributed by atoms with van der Waals surface area (Å²) in [5, 5.41) is 0. The van der Waals surface area contributed by atoms with Crippen molar-refractivity contribution in [3.05, 3.63) is 59.7 Å². The molecule has 0 radical (unpaired) electrons. The van der Waals surface area contributed by atoms with Crippen molar-refractivity contribution >= 4 is 11.8 Å². The summed E-state index contributed by atoms with van der Waals surface area (Å²) in [6, 6.07) is 15.1. The van der Waals surface area contributed by atoms with Crippen LogP contribution in [0.5, 0.6) is 5.75 Å². The van der Waals surface area contributed by atoms with Gasteiger partial charge in [0.05, 0.1) is 6.54 Å². The Labute approximate surface area is 137 Å². The number of carbonyl (C=O) groups excluding carboxylic acids is 1. The monoisotopic (exact) mass is 313 g/mol. The molecule has 0 amide bonds. The van der Waals surface area contributed by atoms with Gasteiger partial charge in [-0.2, -0.15) is 0 Å². The second-order valence-corrected chi connectivity index (χ2v) is 5.31. The molecule has 0 heterocycles. The summed E-state index contributed by atoms with van der Waals surface area (Å²) < 4.78 is 10.3. The molecule has 0 saturated carbocycles. The molecular weight excluding hydrogens is 290 g/mol. The topological polar surface area (TPSA) is 38.8 Å². The smallest absolute Gasteiger partial charge is 0.432 e. The first kappa shape index (κ1) is 16.9. The number of nitrogens with zero attached hydrogens (tertiary/aromatic N) is 1. The highest BCUT2D eigenvalue weighted by Crippen LogP contribution is 2.22. The Hall–Kier alpha value is -2.49. The van der Waals surface area contributed by atoms with Crippen molar-refractivity contribution in [2.75, 3.05) is 24.6 Å². The van der Waals surface area contributed by atoms with Gasteiger partial charge in [-0.15, -0.1) is 0 Å². The molecule has 0 unspecified atom stereocenters. The van der Waals surface area contributed by atoms with Crippen LogP contribution < -0.4 is 9.64 Å². The lowest BCUT2D eigenvalue weighted by Crippen LogP contribution is -2.29. The number of ether oxygens (including phenoxy) is 2. The largest absolute Gasteiger partial charge is 0.513 e. The van der Waals surface area contributed by atoms with Crippen LogP contribution in [-0.4, -0.2) is 25.9 Å². The molecule has 122 valence electrons. The molecule has 2 aromatic rings. The summed E-state index contributed by atoms with van der Waals surface area (Å²) in [6.45, 7) is 8.06. The maximum absolute atomic E-state index is 11.7. The SMILES string of the molecule is CCN(CCOC(=O)Oc1ccccc1)c1cccc(C)c1C. The number of rotatable bonds is 6. The highest BCUT2D eigenvalue weighted by Gasteiger charge is 2.11. The number of aryl methyl sites for hydroxylation is 1. The maximum Gasteiger partial charge on any atom is 0.513 e. The van der Waals surface area contributed by atoms with E-state index in [1.807, 2.05) is 24.3 Å². The molecule has 0 aromatic heterocycles. The van der Waals surface area contributed by atoms with Crippen LogP contribution in [0.2, 0.25) is 0 Å². The number of likely N-dealkylation sites (N-methyl/N-ethyl adjacent to an activating group) is 1. The molecule has 0 fully saturated rings. The number of benzene rings is 2. The van der Waals surface area contributed by atoms with E-state index in [0.717, 1.165) is 6.54 Å². The Morgan fingerprint density at radius 1 is 1.04 bits per heavy atom. The van der Waals surface area contributed by atoms with Crippen molar-refractivity contribution in [1.29, 1.82) is 0 Å². The lowest BCUT2D eigenvalue weighted by Gasteiger charge is -2.25. The number of carbonyl (C=O) groups is 1. The summed E-state index contributed by atoms with van der Waals surface area (Å²) >= 11 is 0. The van der Waals surface area contributed by atoms with Gasteiger partial charge >= 0.3 is 6.16 Å². The number of para-hydroxylation sites is 1. The van der Waals surface area contributed by atoms with Gasteiger partial charge in [-0.05, 0) is 50.1 Å². The normalized spacial score (nSPS) is 10.2. The Morgan fingerprint density at radius 3 is 2.48 bits per heavy atom. The standard InChI is InChI=1S/C19H23NO3/c1-4-20(18-12-8-9-15(2)16(18)3)13-14-22-19(21)23-17-10-6-5-7-11-17/h5-12H,4,13-14H2,1-3H3. The fourth-order valence-electron chi connectivity index (χ4n) is 2.38. The van der Waals surface area contributed by atoms with Crippen LogP contribution in [0.15, 0.2) is 48.5 Å². The minimum Gasteiger partial charge on any atom is -0.432 e. The van der Waals surface area contributed by atoms with E-state index in [2.05, 4.69) is 37.8 Å². The highest BCUT2D eigenvalue weighted by atomic mass is 16.7. The van der Waals surface area contributed by atoms with Gasteiger partial charge in [-0.3, -0.25) is 0 Å². The molecule has 0 bridgehead atoms. The van der Waals surface area contributed by atoms with Gasteiger partial charge in [0.15, 0.2) is 0 Å². The van der Waals surface area contributed by atoms with Gasteiger partial charge in [0, 0.05) is 12.2 Å². The predicted octanol–water partition coefficient (Wildman–Crippen LogP) is 4.35. The molecule has 0 N–H and O–H groups in total. The van der Waals surface area contributed by atoms with Crippen LogP contribution in [-0.2, 0) is 4.74 Å². The minimum atomic E-state index is -0.673. The molecule has 4 nitrogen and oxygen atoms in total. The van der Waals surface area contributed by atoms with E-state index in [1.54, 1.807) is 12.1 Å². The van der Waals surface area contributed by atoms with Crippen LogP contribution in [0.3, 0.4) is 0 Å².